The minimum Gasteiger partial charge on any atom is -0.333 e. The van der Waals surface area contributed by atoms with Crippen LogP contribution in [0, 0.1) is 5.92 Å². The van der Waals surface area contributed by atoms with E-state index in [-0.39, 0.29) is 17.1 Å². The van der Waals surface area contributed by atoms with Crippen molar-refractivity contribution in [1.82, 2.24) is 4.72 Å². The minimum absolute atomic E-state index is 0.0619. The summed E-state index contributed by atoms with van der Waals surface area (Å²) in [7, 11) is -1.97. The molecule has 0 aromatic heterocycles. The number of carbonyl (C=O) groups excluding carboxylic acids is 1. The molecule has 2 aliphatic carbocycles. The van der Waals surface area contributed by atoms with E-state index in [0.717, 1.165) is 12.8 Å². The molecule has 1 amide bonds. The van der Waals surface area contributed by atoms with Gasteiger partial charge in [0.25, 0.3) is 5.91 Å². The Kier molecular flexibility index (Phi) is 2.37. The van der Waals surface area contributed by atoms with Crippen molar-refractivity contribution in [3.8, 4) is 0 Å². The Morgan fingerprint density at radius 1 is 1.73 bits per heavy atom. The number of hydrogen-bond donors (Lipinski definition) is 3. The van der Waals surface area contributed by atoms with E-state index in [0.29, 0.717) is 6.42 Å². The van der Waals surface area contributed by atoms with Gasteiger partial charge in [-0.15, -0.1) is 6.58 Å². The lowest BCUT2D eigenvalue weighted by Gasteiger charge is -2.31. The van der Waals surface area contributed by atoms with Crippen LogP contribution in [-0.2, 0) is 4.79 Å². The third kappa shape index (κ3) is 1.91. The molecule has 4 N–H and O–H groups in total. The fourth-order valence-electron chi connectivity index (χ4n) is 1.75. The maximum absolute atomic E-state index is 11.8. The van der Waals surface area contributed by atoms with Crippen LogP contribution in [0.5, 0.6) is 0 Å². The van der Waals surface area contributed by atoms with E-state index in [4.69, 9.17) is 5.73 Å². The summed E-state index contributed by atoms with van der Waals surface area (Å²) in [5.41, 5.74) is 5.08. The molecule has 0 aromatic rings. The number of carbonyl (C=O) groups is 1. The average Bonchev–Trinajstić information content (AvgIpc) is 2.97. The fraction of sp³-hybridized carbons (Fsp3) is 0.700. The number of nitrogens with one attached hydrogen (secondary N) is 1. The van der Waals surface area contributed by atoms with Crippen molar-refractivity contribution in [2.24, 2.45) is 11.7 Å². The van der Waals surface area contributed by atoms with Crippen LogP contribution in [0.25, 0.3) is 0 Å². The van der Waals surface area contributed by atoms with Gasteiger partial charge in [0.1, 0.15) is 5.54 Å². The van der Waals surface area contributed by atoms with Crippen LogP contribution in [0.1, 0.15) is 19.3 Å². The molecule has 0 radical (unpaired) electrons. The molecule has 4 nitrogen and oxygen atoms in total. The molecular formula is C10H18N2O2S. The quantitative estimate of drug-likeness (QED) is 0.630. The fourth-order valence-corrected chi connectivity index (χ4v) is 3.54. The third-order valence-corrected chi connectivity index (χ3v) is 5.61. The molecule has 15 heavy (non-hydrogen) atoms. The first-order valence-electron chi connectivity index (χ1n) is 5.13. The zero-order valence-corrected chi connectivity index (χ0v) is 9.72. The number of nitrogens with two attached hydrogens (primary N) is 1. The van der Waals surface area contributed by atoms with Gasteiger partial charge in [-0.3, -0.25) is 9.52 Å². The van der Waals surface area contributed by atoms with Gasteiger partial charge in [0.05, 0.1) is 0 Å². The predicted octanol–water partition coefficient (Wildman–Crippen LogP) is 0.991. The molecule has 0 aromatic carbocycles. The van der Waals surface area contributed by atoms with Crippen molar-refractivity contribution < 1.29 is 9.35 Å². The molecule has 0 heterocycles. The van der Waals surface area contributed by atoms with Crippen LogP contribution >= 0.6 is 10.5 Å². The van der Waals surface area contributed by atoms with Crippen LogP contribution in [0.2, 0.25) is 0 Å². The van der Waals surface area contributed by atoms with Gasteiger partial charge < -0.3 is 10.3 Å². The zero-order chi connectivity index (χ0) is 11.3. The van der Waals surface area contributed by atoms with E-state index in [1.807, 2.05) is 0 Å². The van der Waals surface area contributed by atoms with Crippen LogP contribution < -0.4 is 10.5 Å². The van der Waals surface area contributed by atoms with Crippen molar-refractivity contribution >= 4 is 16.4 Å². The van der Waals surface area contributed by atoms with E-state index in [9.17, 15) is 9.35 Å². The Morgan fingerprint density at radius 2 is 2.33 bits per heavy atom. The van der Waals surface area contributed by atoms with Gasteiger partial charge in [-0.2, -0.15) is 0 Å². The second kappa shape index (κ2) is 3.23. The monoisotopic (exact) mass is 230 g/mol. The summed E-state index contributed by atoms with van der Waals surface area (Å²) in [4.78, 5) is 11.8. The summed E-state index contributed by atoms with van der Waals surface area (Å²) in [6.45, 7) is 3.63. The summed E-state index contributed by atoms with van der Waals surface area (Å²) in [6, 6.07) is 0. The maximum Gasteiger partial charge on any atom is 0.250 e. The second-order valence-corrected chi connectivity index (χ2v) is 7.40. The highest BCUT2D eigenvalue weighted by Crippen LogP contribution is 2.54. The Labute approximate surface area is 91.6 Å². The van der Waals surface area contributed by atoms with E-state index in [1.54, 1.807) is 12.3 Å². The molecule has 2 fully saturated rings. The number of rotatable bonds is 4. The lowest BCUT2D eigenvalue weighted by Crippen LogP contribution is -2.45. The topological polar surface area (TPSA) is 75.4 Å². The van der Waals surface area contributed by atoms with Gasteiger partial charge in [0.2, 0.25) is 0 Å². The Morgan fingerprint density at radius 3 is 2.73 bits per heavy atom. The smallest absolute Gasteiger partial charge is 0.250 e. The van der Waals surface area contributed by atoms with Gasteiger partial charge in [-0.1, -0.05) is 16.6 Å². The summed E-state index contributed by atoms with van der Waals surface area (Å²) < 4.78 is 12.8. The number of hydrogen-bond acceptors (Lipinski definition) is 3. The summed E-state index contributed by atoms with van der Waals surface area (Å²) in [6.07, 6.45) is 6.08. The summed E-state index contributed by atoms with van der Waals surface area (Å²) in [5, 5.41) is 0.269. The van der Waals surface area contributed by atoms with Crippen molar-refractivity contribution in [3.05, 3.63) is 12.7 Å². The van der Waals surface area contributed by atoms with E-state index in [2.05, 4.69) is 11.3 Å². The summed E-state index contributed by atoms with van der Waals surface area (Å²) >= 11 is 0. The standard InChI is InChI=1S/C10H18N2O2S/c1-3-7-6-10(7,11)9(13)12-15(2,14)8-4-5-8/h3,7-8,14H,1,4-6,11H2,2H3,(H,12,13). The molecule has 0 spiro atoms. The van der Waals surface area contributed by atoms with Crippen LogP contribution in [0.15, 0.2) is 12.7 Å². The highest BCUT2D eigenvalue weighted by atomic mass is 32.3. The Balaban J connectivity index is 1.95. The molecule has 0 saturated heterocycles. The van der Waals surface area contributed by atoms with Gasteiger partial charge in [0, 0.05) is 17.4 Å². The van der Waals surface area contributed by atoms with Gasteiger partial charge in [0.15, 0.2) is 0 Å². The normalized spacial score (nSPS) is 40.1. The van der Waals surface area contributed by atoms with Crippen LogP contribution in [0.3, 0.4) is 0 Å². The molecule has 3 atom stereocenters. The van der Waals surface area contributed by atoms with Gasteiger partial charge in [-0.05, 0) is 19.3 Å². The van der Waals surface area contributed by atoms with Crippen molar-refractivity contribution in [2.75, 3.05) is 6.26 Å². The SMILES string of the molecule is C=CC1CC1(N)C(=O)NS(C)(O)C1CC1. The molecular weight excluding hydrogens is 212 g/mol. The first-order valence-corrected chi connectivity index (χ1v) is 7.19. The van der Waals surface area contributed by atoms with Crippen molar-refractivity contribution in [3.63, 3.8) is 0 Å². The Bertz CT molecular complexity index is 315. The van der Waals surface area contributed by atoms with Crippen LogP contribution in [0.4, 0.5) is 0 Å². The average molecular weight is 230 g/mol. The maximum atomic E-state index is 11.8. The van der Waals surface area contributed by atoms with Crippen LogP contribution in [-0.4, -0.2) is 27.5 Å². The Hall–Kier alpha value is -0.520. The number of amides is 1. The zero-order valence-electron chi connectivity index (χ0n) is 8.90. The second-order valence-electron chi connectivity index (χ2n) is 4.65. The third-order valence-electron chi connectivity index (χ3n) is 3.24. The molecule has 2 saturated carbocycles. The largest absolute Gasteiger partial charge is 0.333 e. The molecule has 2 rings (SSSR count). The first kappa shape index (κ1) is 11.0. The van der Waals surface area contributed by atoms with Crippen molar-refractivity contribution in [2.45, 2.75) is 30.1 Å². The predicted molar refractivity (Wildman–Crippen MR) is 62.5 cm³/mol. The van der Waals surface area contributed by atoms with E-state index < -0.39 is 16.0 Å². The van der Waals surface area contributed by atoms with Crippen molar-refractivity contribution in [1.29, 1.82) is 0 Å². The first-order chi connectivity index (χ1) is 6.90. The van der Waals surface area contributed by atoms with E-state index in [1.165, 1.54) is 0 Å². The van der Waals surface area contributed by atoms with Gasteiger partial charge in [-0.25, -0.2) is 0 Å². The molecule has 0 aliphatic heterocycles. The molecule has 3 unspecified atom stereocenters. The lowest BCUT2D eigenvalue weighted by atomic mass is 10.2. The molecule has 5 heteroatoms. The summed E-state index contributed by atoms with van der Waals surface area (Å²) in [5.74, 6) is -0.161. The van der Waals surface area contributed by atoms with E-state index >= 15 is 0 Å². The lowest BCUT2D eigenvalue weighted by molar-refractivity contribution is -0.121. The highest BCUT2D eigenvalue weighted by Gasteiger charge is 2.56. The molecule has 86 valence electrons. The molecule has 2 aliphatic rings. The molecule has 0 bridgehead atoms. The van der Waals surface area contributed by atoms with Gasteiger partial charge >= 0.3 is 0 Å². The highest BCUT2D eigenvalue weighted by molar-refractivity contribution is 8.28. The minimum atomic E-state index is -1.97.